The van der Waals surface area contributed by atoms with Gasteiger partial charge in [0.25, 0.3) is 0 Å². The molecule has 0 spiro atoms. The molecule has 0 aliphatic rings. The largest absolute Gasteiger partial charge is 0.481 e. The molecule has 18 heavy (non-hydrogen) atoms. The number of hydrogen-bond acceptors (Lipinski definition) is 4. The number of nitrogens with zero attached hydrogens (tertiary/aromatic N) is 2. The van der Waals surface area contributed by atoms with Gasteiger partial charge < -0.3 is 10.4 Å². The molecule has 1 aromatic heterocycles. The van der Waals surface area contributed by atoms with E-state index in [9.17, 15) is 9.59 Å². The number of aliphatic carboxylic acids is 1. The molecule has 0 saturated carbocycles. The average molecular weight is 254 g/mol. The van der Waals surface area contributed by atoms with E-state index in [0.717, 1.165) is 0 Å². The van der Waals surface area contributed by atoms with E-state index in [0.29, 0.717) is 18.8 Å². The zero-order valence-electron chi connectivity index (χ0n) is 10.6. The van der Waals surface area contributed by atoms with Gasteiger partial charge in [-0.1, -0.05) is 13.8 Å². The zero-order valence-corrected chi connectivity index (χ0v) is 10.6. The lowest BCUT2D eigenvalue weighted by Gasteiger charge is -2.21. The summed E-state index contributed by atoms with van der Waals surface area (Å²) in [5.74, 6) is -0.338. The van der Waals surface area contributed by atoms with Crippen molar-refractivity contribution in [3.8, 4) is 0 Å². The molecule has 0 aromatic carbocycles. The summed E-state index contributed by atoms with van der Waals surface area (Å²) < 4.78 is 0. The highest BCUT2D eigenvalue weighted by atomic mass is 16.4. The number of H-pyrrole nitrogens is 1. The van der Waals surface area contributed by atoms with Crippen LogP contribution >= 0.6 is 0 Å². The molecule has 3 N–H and O–H groups in total. The lowest BCUT2D eigenvalue weighted by molar-refractivity contribution is -0.139. The summed E-state index contributed by atoms with van der Waals surface area (Å²) in [7, 11) is 0. The van der Waals surface area contributed by atoms with Crippen LogP contribution in [0.2, 0.25) is 0 Å². The van der Waals surface area contributed by atoms with Gasteiger partial charge in [-0.2, -0.15) is 5.10 Å². The highest BCUT2D eigenvalue weighted by molar-refractivity contribution is 5.77. The first-order valence-electron chi connectivity index (χ1n) is 5.72. The van der Waals surface area contributed by atoms with Crippen molar-refractivity contribution in [1.82, 2.24) is 20.5 Å². The maximum absolute atomic E-state index is 11.6. The Hall–Kier alpha value is -1.92. The summed E-state index contributed by atoms with van der Waals surface area (Å²) in [5, 5.41) is 17.8. The van der Waals surface area contributed by atoms with Crippen LogP contribution in [0.1, 0.15) is 32.5 Å². The van der Waals surface area contributed by atoms with Gasteiger partial charge in [0.1, 0.15) is 12.2 Å². The van der Waals surface area contributed by atoms with Crippen LogP contribution in [0, 0.1) is 5.41 Å². The van der Waals surface area contributed by atoms with Gasteiger partial charge in [-0.3, -0.25) is 14.7 Å². The number of carbonyl (C=O) groups excluding carboxylic acids is 1. The van der Waals surface area contributed by atoms with Gasteiger partial charge in [-0.15, -0.1) is 0 Å². The third-order valence-electron chi connectivity index (χ3n) is 2.42. The molecule has 0 unspecified atom stereocenters. The Balaban J connectivity index is 2.26. The predicted molar refractivity (Wildman–Crippen MR) is 63.7 cm³/mol. The second-order valence-corrected chi connectivity index (χ2v) is 4.94. The van der Waals surface area contributed by atoms with Crippen molar-refractivity contribution in [2.45, 2.75) is 33.1 Å². The monoisotopic (exact) mass is 254 g/mol. The molecule has 0 atom stereocenters. The molecule has 1 aromatic rings. The molecule has 0 bridgehead atoms. The van der Waals surface area contributed by atoms with Gasteiger partial charge >= 0.3 is 5.97 Å². The Kier molecular flexibility index (Phi) is 4.82. The molecule has 0 radical (unpaired) electrons. The summed E-state index contributed by atoms with van der Waals surface area (Å²) in [6.45, 7) is 3.98. The van der Waals surface area contributed by atoms with Crippen LogP contribution in [0.15, 0.2) is 6.33 Å². The summed E-state index contributed by atoms with van der Waals surface area (Å²) >= 11 is 0. The van der Waals surface area contributed by atoms with Crippen LogP contribution in [0.5, 0.6) is 0 Å². The lowest BCUT2D eigenvalue weighted by Crippen LogP contribution is -2.31. The SMILES string of the molecule is CC(C)(CC(=O)O)CC(=O)NCCc1ncn[nH]1. The van der Waals surface area contributed by atoms with E-state index in [1.165, 1.54) is 6.33 Å². The summed E-state index contributed by atoms with van der Waals surface area (Å²) in [5.41, 5.74) is -0.540. The first kappa shape index (κ1) is 14.1. The van der Waals surface area contributed by atoms with E-state index in [2.05, 4.69) is 20.5 Å². The summed E-state index contributed by atoms with van der Waals surface area (Å²) in [4.78, 5) is 26.2. The first-order valence-corrected chi connectivity index (χ1v) is 5.72. The van der Waals surface area contributed by atoms with Gasteiger partial charge in [0, 0.05) is 19.4 Å². The molecule has 0 aliphatic carbocycles. The van der Waals surface area contributed by atoms with Crippen molar-refractivity contribution in [2.24, 2.45) is 5.41 Å². The van der Waals surface area contributed by atoms with E-state index in [1.54, 1.807) is 13.8 Å². The van der Waals surface area contributed by atoms with E-state index < -0.39 is 11.4 Å². The number of carboxylic acids is 1. The summed E-state index contributed by atoms with van der Waals surface area (Å²) in [6.07, 6.45) is 2.15. The van der Waals surface area contributed by atoms with Gasteiger partial charge in [-0.25, -0.2) is 4.98 Å². The molecule has 0 aliphatic heterocycles. The van der Waals surface area contributed by atoms with Crippen molar-refractivity contribution < 1.29 is 14.7 Å². The standard InChI is InChI=1S/C11H18N4O3/c1-11(2,6-10(17)18)5-9(16)12-4-3-8-13-7-14-15-8/h7H,3-6H2,1-2H3,(H,12,16)(H,17,18)(H,13,14,15). The number of hydrogen-bond donors (Lipinski definition) is 3. The number of aromatic amines is 1. The number of aromatic nitrogens is 3. The third kappa shape index (κ3) is 5.42. The molecule has 100 valence electrons. The van der Waals surface area contributed by atoms with Crippen molar-refractivity contribution in [1.29, 1.82) is 0 Å². The van der Waals surface area contributed by atoms with E-state index in [1.807, 2.05) is 0 Å². The lowest BCUT2D eigenvalue weighted by atomic mass is 9.85. The molecule has 1 amide bonds. The number of rotatable bonds is 7. The van der Waals surface area contributed by atoms with Gasteiger partial charge in [-0.05, 0) is 5.41 Å². The minimum Gasteiger partial charge on any atom is -0.481 e. The molecule has 7 heteroatoms. The van der Waals surface area contributed by atoms with Crippen LogP contribution < -0.4 is 5.32 Å². The minimum atomic E-state index is -0.894. The second-order valence-electron chi connectivity index (χ2n) is 4.94. The fourth-order valence-corrected chi connectivity index (χ4v) is 1.64. The Bertz CT molecular complexity index is 400. The second kappa shape index (κ2) is 6.13. The smallest absolute Gasteiger partial charge is 0.303 e. The minimum absolute atomic E-state index is 0.0253. The molecule has 0 saturated heterocycles. The zero-order chi connectivity index (χ0) is 13.6. The van der Waals surface area contributed by atoms with E-state index in [-0.39, 0.29) is 18.7 Å². The Morgan fingerprint density at radius 1 is 1.44 bits per heavy atom. The van der Waals surface area contributed by atoms with E-state index in [4.69, 9.17) is 5.11 Å². The average Bonchev–Trinajstić information content (AvgIpc) is 2.66. The topological polar surface area (TPSA) is 108 Å². The quantitative estimate of drug-likeness (QED) is 0.651. The first-order chi connectivity index (χ1) is 8.39. The normalized spacial score (nSPS) is 11.2. The van der Waals surface area contributed by atoms with Gasteiger partial charge in [0.05, 0.1) is 6.42 Å². The fourth-order valence-electron chi connectivity index (χ4n) is 1.64. The molecular formula is C11H18N4O3. The Morgan fingerprint density at radius 2 is 2.17 bits per heavy atom. The van der Waals surface area contributed by atoms with Crippen LogP contribution in [-0.2, 0) is 16.0 Å². The van der Waals surface area contributed by atoms with Crippen molar-refractivity contribution in [3.05, 3.63) is 12.2 Å². The highest BCUT2D eigenvalue weighted by Crippen LogP contribution is 2.24. The number of amides is 1. The van der Waals surface area contributed by atoms with Crippen LogP contribution in [0.4, 0.5) is 0 Å². The van der Waals surface area contributed by atoms with Crippen molar-refractivity contribution in [3.63, 3.8) is 0 Å². The Morgan fingerprint density at radius 3 is 2.72 bits per heavy atom. The van der Waals surface area contributed by atoms with Crippen molar-refractivity contribution in [2.75, 3.05) is 6.54 Å². The maximum Gasteiger partial charge on any atom is 0.303 e. The van der Waals surface area contributed by atoms with E-state index >= 15 is 0 Å². The molecule has 1 rings (SSSR count). The van der Waals surface area contributed by atoms with Crippen LogP contribution in [0.25, 0.3) is 0 Å². The van der Waals surface area contributed by atoms with Gasteiger partial charge in [0.15, 0.2) is 0 Å². The molecular weight excluding hydrogens is 236 g/mol. The predicted octanol–water partition coefficient (Wildman–Crippen LogP) is 0.354. The number of carbonyl (C=O) groups is 2. The van der Waals surface area contributed by atoms with Gasteiger partial charge in [0.2, 0.25) is 5.91 Å². The fraction of sp³-hybridized carbons (Fsp3) is 0.636. The molecule has 0 fully saturated rings. The van der Waals surface area contributed by atoms with Crippen LogP contribution in [-0.4, -0.2) is 38.7 Å². The molecule has 7 nitrogen and oxygen atoms in total. The maximum atomic E-state index is 11.6. The van der Waals surface area contributed by atoms with Crippen molar-refractivity contribution >= 4 is 11.9 Å². The molecule has 1 heterocycles. The Labute approximate surface area is 105 Å². The number of carboxylic acid groups (broad SMARTS) is 1. The highest BCUT2D eigenvalue weighted by Gasteiger charge is 2.24. The third-order valence-corrected chi connectivity index (χ3v) is 2.42. The summed E-state index contributed by atoms with van der Waals surface area (Å²) in [6, 6.07) is 0. The van der Waals surface area contributed by atoms with Crippen LogP contribution in [0.3, 0.4) is 0 Å². The number of nitrogens with one attached hydrogen (secondary N) is 2.